The van der Waals surface area contributed by atoms with Gasteiger partial charge in [-0.15, -0.1) is 0 Å². The van der Waals surface area contributed by atoms with Crippen molar-refractivity contribution in [2.24, 2.45) is 11.5 Å². The van der Waals surface area contributed by atoms with Gasteiger partial charge in [0.1, 0.15) is 17.9 Å². The van der Waals surface area contributed by atoms with Crippen LogP contribution in [0.2, 0.25) is 0 Å². The van der Waals surface area contributed by atoms with Crippen LogP contribution in [-0.2, 0) is 23.9 Å². The predicted octanol–water partition coefficient (Wildman–Crippen LogP) is 5.57. The number of hydrogen-bond donors (Lipinski definition) is 2. The first-order chi connectivity index (χ1) is 16.9. The molecule has 0 rings (SSSR count). The Morgan fingerprint density at radius 3 is 1.54 bits per heavy atom. The normalized spacial score (nSPS) is 13.7. The lowest BCUT2D eigenvalue weighted by Crippen LogP contribution is -2.45. The lowest BCUT2D eigenvalue weighted by molar-refractivity contribution is -0.143. The Morgan fingerprint density at radius 1 is 0.686 bits per heavy atom. The summed E-state index contributed by atoms with van der Waals surface area (Å²) in [6.07, 6.45) is 19.3. The van der Waals surface area contributed by atoms with E-state index in [0.29, 0.717) is 6.42 Å². The first-order valence-electron chi connectivity index (χ1n) is 13.4. The molecule has 0 spiro atoms. The van der Waals surface area contributed by atoms with Gasteiger partial charge < -0.3 is 20.9 Å². The smallest absolute Gasteiger partial charge is 0.324 e. The second kappa shape index (κ2) is 23.6. The van der Waals surface area contributed by atoms with Crippen molar-refractivity contribution in [2.75, 3.05) is 20.0 Å². The zero-order chi connectivity index (χ0) is 26.3. The van der Waals surface area contributed by atoms with Gasteiger partial charge in [-0.3, -0.25) is 14.4 Å². The van der Waals surface area contributed by atoms with E-state index in [1.165, 1.54) is 113 Å². The van der Waals surface area contributed by atoms with Crippen LogP contribution >= 0.6 is 21.6 Å². The van der Waals surface area contributed by atoms with Crippen molar-refractivity contribution >= 4 is 39.3 Å². The topological polar surface area (TPSA) is 122 Å². The van der Waals surface area contributed by atoms with Crippen LogP contribution in [0, 0.1) is 0 Å². The van der Waals surface area contributed by atoms with Gasteiger partial charge in [0.25, 0.3) is 0 Å². The summed E-state index contributed by atoms with van der Waals surface area (Å²) in [5, 5.41) is -0.732. The quantitative estimate of drug-likeness (QED) is 0.0929. The van der Waals surface area contributed by atoms with Crippen LogP contribution in [0.25, 0.3) is 0 Å². The molecule has 0 aromatic rings. The van der Waals surface area contributed by atoms with E-state index < -0.39 is 29.3 Å². The Balaban J connectivity index is 4.00. The van der Waals surface area contributed by atoms with Crippen LogP contribution < -0.4 is 11.5 Å². The van der Waals surface area contributed by atoms with Crippen molar-refractivity contribution < 1.29 is 23.9 Å². The van der Waals surface area contributed by atoms with Gasteiger partial charge in [-0.05, 0) is 6.42 Å². The summed E-state index contributed by atoms with van der Waals surface area (Å²) in [5.41, 5.74) is 11.7. The molecule has 4 N–H and O–H groups in total. The van der Waals surface area contributed by atoms with E-state index in [0.717, 1.165) is 19.3 Å². The average Bonchev–Trinajstić information content (AvgIpc) is 2.87. The summed E-state index contributed by atoms with van der Waals surface area (Å²) in [7, 11) is 4.95. The van der Waals surface area contributed by atoms with E-state index in [1.807, 2.05) is 0 Å². The fourth-order valence-electron chi connectivity index (χ4n) is 3.79. The Kier molecular flexibility index (Phi) is 23.1. The zero-order valence-electron chi connectivity index (χ0n) is 22.3. The van der Waals surface area contributed by atoms with Crippen molar-refractivity contribution in [3.8, 4) is 0 Å². The minimum atomic E-state index is -1.05. The molecule has 1 unspecified atom stereocenters. The molecule has 0 saturated heterocycles. The van der Waals surface area contributed by atoms with Crippen molar-refractivity contribution in [3.05, 3.63) is 0 Å². The number of carbonyl (C=O) groups is 3. The lowest BCUT2D eigenvalue weighted by Gasteiger charge is -2.20. The Morgan fingerprint density at radius 2 is 1.11 bits per heavy atom. The molecule has 0 bridgehead atoms. The molecule has 0 aromatic heterocycles. The van der Waals surface area contributed by atoms with Crippen LogP contribution in [0.4, 0.5) is 0 Å². The molecule has 206 valence electrons. The number of methoxy groups -OCH3 is 2. The van der Waals surface area contributed by atoms with Crippen molar-refractivity contribution in [1.82, 2.24) is 0 Å². The number of hydrogen-bond acceptors (Lipinski definition) is 9. The van der Waals surface area contributed by atoms with Crippen molar-refractivity contribution in [2.45, 2.75) is 127 Å². The van der Waals surface area contributed by atoms with Crippen molar-refractivity contribution in [3.63, 3.8) is 0 Å². The SMILES string of the molecule is CCCCCCCCCCCCCCCCCC(=O)C(SSC[C@H](N)C(=O)OC)[C@H](N)C(=O)OC. The summed E-state index contributed by atoms with van der Waals surface area (Å²) in [6.45, 7) is 2.26. The van der Waals surface area contributed by atoms with Gasteiger partial charge in [-0.2, -0.15) is 0 Å². The van der Waals surface area contributed by atoms with Gasteiger partial charge in [-0.25, -0.2) is 0 Å². The molecule has 3 atom stereocenters. The number of carbonyl (C=O) groups excluding carboxylic acids is 3. The van der Waals surface area contributed by atoms with Crippen LogP contribution in [0.5, 0.6) is 0 Å². The molecule has 0 aliphatic rings. The van der Waals surface area contributed by atoms with Gasteiger partial charge >= 0.3 is 11.9 Å². The fourth-order valence-corrected chi connectivity index (χ4v) is 6.55. The molecular formula is C26H50N2O5S2. The second-order valence-corrected chi connectivity index (χ2v) is 11.7. The first-order valence-corrected chi connectivity index (χ1v) is 15.7. The highest BCUT2D eigenvalue weighted by atomic mass is 33.1. The molecule has 0 fully saturated rings. The zero-order valence-corrected chi connectivity index (χ0v) is 23.9. The number of Topliss-reactive ketones (excluding diaryl/α,β-unsaturated/α-hetero) is 1. The van der Waals surface area contributed by atoms with Crippen LogP contribution in [0.1, 0.15) is 110 Å². The minimum absolute atomic E-state index is 0.0678. The molecule has 0 aromatic carbocycles. The summed E-state index contributed by atoms with van der Waals surface area (Å²) < 4.78 is 9.32. The number of nitrogens with two attached hydrogens (primary N) is 2. The first kappa shape index (κ1) is 34.2. The van der Waals surface area contributed by atoms with E-state index in [4.69, 9.17) is 16.2 Å². The maximum absolute atomic E-state index is 12.8. The molecule has 0 amide bonds. The Hall–Kier alpha value is -0.770. The number of ether oxygens (including phenoxy) is 2. The van der Waals surface area contributed by atoms with Gasteiger partial charge in [0.15, 0.2) is 0 Å². The number of ketones is 1. The minimum Gasteiger partial charge on any atom is -0.468 e. The number of unbranched alkanes of at least 4 members (excludes halogenated alkanes) is 14. The van der Waals surface area contributed by atoms with E-state index in [2.05, 4.69) is 11.7 Å². The molecule has 0 aliphatic carbocycles. The van der Waals surface area contributed by atoms with E-state index >= 15 is 0 Å². The molecule has 7 nitrogen and oxygen atoms in total. The van der Waals surface area contributed by atoms with Crippen LogP contribution in [0.15, 0.2) is 0 Å². The maximum atomic E-state index is 12.8. The monoisotopic (exact) mass is 534 g/mol. The van der Waals surface area contributed by atoms with Gasteiger partial charge in [0.2, 0.25) is 0 Å². The van der Waals surface area contributed by atoms with Crippen LogP contribution in [-0.4, -0.2) is 55.0 Å². The summed E-state index contributed by atoms with van der Waals surface area (Å²) in [4.78, 5) is 36.1. The van der Waals surface area contributed by atoms with Gasteiger partial charge in [-0.1, -0.05) is 118 Å². The van der Waals surface area contributed by atoms with E-state index in [9.17, 15) is 14.4 Å². The predicted molar refractivity (Wildman–Crippen MR) is 148 cm³/mol. The number of esters is 2. The summed E-state index contributed by atoms with van der Waals surface area (Å²) in [5.74, 6) is -0.948. The highest BCUT2D eigenvalue weighted by Crippen LogP contribution is 2.31. The number of rotatable bonds is 24. The third-order valence-corrected chi connectivity index (χ3v) is 8.90. The standard InChI is InChI=1S/C26H50N2O5S2/c1-4-5-6-7-8-9-10-11-12-13-14-15-16-17-18-19-22(29)24(23(28)26(31)33-3)35-34-20-21(27)25(30)32-2/h21,23-24H,4-20,27-28H2,1-3H3/t21-,23-,24?/m0/s1. The van der Waals surface area contributed by atoms with Crippen LogP contribution in [0.3, 0.4) is 0 Å². The highest BCUT2D eigenvalue weighted by molar-refractivity contribution is 8.77. The third kappa shape index (κ3) is 18.2. The van der Waals surface area contributed by atoms with E-state index in [-0.39, 0.29) is 11.5 Å². The van der Waals surface area contributed by atoms with Gasteiger partial charge in [0.05, 0.1) is 19.5 Å². The molecule has 0 heterocycles. The van der Waals surface area contributed by atoms with E-state index in [1.54, 1.807) is 0 Å². The molecular weight excluding hydrogens is 484 g/mol. The summed E-state index contributed by atoms with van der Waals surface area (Å²) in [6, 6.07) is -1.84. The Bertz CT molecular complexity index is 566. The third-order valence-electron chi connectivity index (χ3n) is 6.07. The van der Waals surface area contributed by atoms with Gasteiger partial charge in [0, 0.05) is 12.2 Å². The molecule has 9 heteroatoms. The maximum Gasteiger partial charge on any atom is 0.324 e. The average molecular weight is 535 g/mol. The van der Waals surface area contributed by atoms with Crippen molar-refractivity contribution in [1.29, 1.82) is 0 Å². The second-order valence-electron chi connectivity index (χ2n) is 9.15. The molecule has 0 aliphatic heterocycles. The summed E-state index contributed by atoms with van der Waals surface area (Å²) >= 11 is 0. The largest absolute Gasteiger partial charge is 0.468 e. The molecule has 0 saturated carbocycles. The Labute approximate surface area is 221 Å². The molecule has 0 radical (unpaired) electrons. The molecule has 35 heavy (non-hydrogen) atoms. The fraction of sp³-hybridized carbons (Fsp3) is 0.885. The lowest BCUT2D eigenvalue weighted by atomic mass is 10.0. The highest BCUT2D eigenvalue weighted by Gasteiger charge is 2.32.